The zero-order chi connectivity index (χ0) is 8.69. The molecule has 0 spiro atoms. The van der Waals surface area contributed by atoms with E-state index in [1.54, 1.807) is 0 Å². The van der Waals surface area contributed by atoms with E-state index in [4.69, 9.17) is 0 Å². The molecule has 0 aromatic carbocycles. The van der Waals surface area contributed by atoms with E-state index in [-0.39, 0.29) is 7.43 Å². The summed E-state index contributed by atoms with van der Waals surface area (Å²) in [6, 6.07) is 0. The highest BCUT2D eigenvalue weighted by Crippen LogP contribution is 2.29. The smallest absolute Gasteiger partial charge is 0.0391 e. The van der Waals surface area contributed by atoms with Gasteiger partial charge in [-0.2, -0.15) is 0 Å². The summed E-state index contributed by atoms with van der Waals surface area (Å²) in [5, 5.41) is 0. The van der Waals surface area contributed by atoms with Crippen molar-refractivity contribution in [2.75, 3.05) is 0 Å². The van der Waals surface area contributed by atoms with Crippen LogP contribution in [0.2, 0.25) is 0 Å². The SMILES string of the molecule is C.C#C.CC(C)C1CCCCC1. The summed E-state index contributed by atoms with van der Waals surface area (Å²) in [5.74, 6) is 1.99. The molecule has 0 aliphatic heterocycles. The Morgan fingerprint density at radius 1 is 1.00 bits per heavy atom. The first-order chi connectivity index (χ1) is 5.30. The molecule has 1 rings (SSSR count). The maximum atomic E-state index is 4.00. The van der Waals surface area contributed by atoms with Crippen LogP contribution in [0.25, 0.3) is 0 Å². The molecular weight excluding hydrogens is 144 g/mol. The molecule has 0 aromatic rings. The van der Waals surface area contributed by atoms with Crippen molar-refractivity contribution in [1.29, 1.82) is 0 Å². The zero-order valence-corrected chi connectivity index (χ0v) is 7.84. The highest BCUT2D eigenvalue weighted by atomic mass is 14.2. The van der Waals surface area contributed by atoms with Gasteiger partial charge in [0.05, 0.1) is 0 Å². The summed E-state index contributed by atoms with van der Waals surface area (Å²) in [4.78, 5) is 0. The monoisotopic (exact) mass is 168 g/mol. The minimum atomic E-state index is 0. The fourth-order valence-corrected chi connectivity index (χ4v) is 1.80. The lowest BCUT2D eigenvalue weighted by molar-refractivity contribution is 0.279. The van der Waals surface area contributed by atoms with Crippen molar-refractivity contribution < 1.29 is 0 Å². The maximum absolute atomic E-state index is 4.00. The lowest BCUT2D eigenvalue weighted by Gasteiger charge is -2.24. The van der Waals surface area contributed by atoms with Gasteiger partial charge in [0.1, 0.15) is 0 Å². The molecule has 0 nitrogen and oxygen atoms in total. The van der Waals surface area contributed by atoms with E-state index in [2.05, 4.69) is 26.7 Å². The van der Waals surface area contributed by atoms with Gasteiger partial charge in [-0.05, 0) is 11.8 Å². The topological polar surface area (TPSA) is 0 Å². The normalized spacial score (nSPS) is 17.4. The summed E-state index contributed by atoms with van der Waals surface area (Å²) in [6.45, 7) is 4.71. The largest absolute Gasteiger partial charge is 0.124 e. The van der Waals surface area contributed by atoms with Gasteiger partial charge < -0.3 is 0 Å². The Morgan fingerprint density at radius 2 is 1.42 bits per heavy atom. The zero-order valence-electron chi connectivity index (χ0n) is 7.84. The first-order valence-corrected chi connectivity index (χ1v) is 4.64. The molecule has 0 N–H and O–H groups in total. The van der Waals surface area contributed by atoms with Gasteiger partial charge in [-0.25, -0.2) is 0 Å². The average molecular weight is 168 g/mol. The molecule has 12 heavy (non-hydrogen) atoms. The van der Waals surface area contributed by atoms with Gasteiger partial charge >= 0.3 is 0 Å². The molecule has 72 valence electrons. The van der Waals surface area contributed by atoms with Gasteiger partial charge in [-0.15, -0.1) is 12.8 Å². The molecule has 0 unspecified atom stereocenters. The first kappa shape index (κ1) is 14.1. The Hall–Kier alpha value is -0.440. The van der Waals surface area contributed by atoms with Gasteiger partial charge in [0, 0.05) is 0 Å². The minimum Gasteiger partial charge on any atom is -0.124 e. The molecule has 1 aliphatic carbocycles. The maximum Gasteiger partial charge on any atom is -0.0391 e. The van der Waals surface area contributed by atoms with Crippen LogP contribution in [0.3, 0.4) is 0 Å². The van der Waals surface area contributed by atoms with Crippen LogP contribution < -0.4 is 0 Å². The van der Waals surface area contributed by atoms with E-state index in [1.165, 1.54) is 32.1 Å². The second-order valence-electron chi connectivity index (χ2n) is 3.64. The third-order valence-corrected chi connectivity index (χ3v) is 2.59. The van der Waals surface area contributed by atoms with Crippen LogP contribution in [-0.4, -0.2) is 0 Å². The summed E-state index contributed by atoms with van der Waals surface area (Å²) in [7, 11) is 0. The summed E-state index contributed by atoms with van der Waals surface area (Å²) >= 11 is 0. The van der Waals surface area contributed by atoms with E-state index in [1.807, 2.05) is 0 Å². The highest BCUT2D eigenvalue weighted by Gasteiger charge is 2.15. The quantitative estimate of drug-likeness (QED) is 0.517. The third-order valence-electron chi connectivity index (χ3n) is 2.59. The number of hydrogen-bond acceptors (Lipinski definition) is 0. The lowest BCUT2D eigenvalue weighted by Crippen LogP contribution is -2.12. The van der Waals surface area contributed by atoms with Crippen molar-refractivity contribution in [2.45, 2.75) is 53.4 Å². The van der Waals surface area contributed by atoms with E-state index >= 15 is 0 Å². The fourth-order valence-electron chi connectivity index (χ4n) is 1.80. The van der Waals surface area contributed by atoms with Crippen LogP contribution in [0.1, 0.15) is 53.4 Å². The molecule has 0 heteroatoms. The predicted molar refractivity (Wildman–Crippen MR) is 58.0 cm³/mol. The van der Waals surface area contributed by atoms with Crippen molar-refractivity contribution in [1.82, 2.24) is 0 Å². The van der Waals surface area contributed by atoms with Crippen LogP contribution in [-0.2, 0) is 0 Å². The van der Waals surface area contributed by atoms with Gasteiger partial charge in [0.2, 0.25) is 0 Å². The summed E-state index contributed by atoms with van der Waals surface area (Å²) < 4.78 is 0. The van der Waals surface area contributed by atoms with Gasteiger partial charge in [-0.1, -0.05) is 53.4 Å². The van der Waals surface area contributed by atoms with Crippen LogP contribution in [0.5, 0.6) is 0 Å². The molecule has 0 radical (unpaired) electrons. The van der Waals surface area contributed by atoms with Gasteiger partial charge in [-0.3, -0.25) is 0 Å². The Kier molecular flexibility index (Phi) is 10.2. The predicted octanol–water partition coefficient (Wildman–Crippen LogP) is 4.11. The standard InChI is InChI=1S/C9H18.C2H2.CH4/c1-8(2)9-6-4-3-5-7-9;1-2;/h8-9H,3-7H2,1-2H3;1-2H;1H4. The van der Waals surface area contributed by atoms with Crippen LogP contribution in [0.15, 0.2) is 0 Å². The number of hydrogen-bond donors (Lipinski definition) is 0. The number of rotatable bonds is 1. The molecule has 1 saturated carbocycles. The average Bonchev–Trinajstić information content (AvgIpc) is 2.10. The van der Waals surface area contributed by atoms with E-state index < -0.39 is 0 Å². The molecule has 1 aliphatic rings. The Bertz CT molecular complexity index is 93.9. The van der Waals surface area contributed by atoms with E-state index in [9.17, 15) is 0 Å². The summed E-state index contributed by atoms with van der Waals surface area (Å²) in [5.41, 5.74) is 0. The van der Waals surface area contributed by atoms with Crippen LogP contribution in [0.4, 0.5) is 0 Å². The Morgan fingerprint density at radius 3 is 1.67 bits per heavy atom. The van der Waals surface area contributed by atoms with Gasteiger partial charge in [0.15, 0.2) is 0 Å². The van der Waals surface area contributed by atoms with Crippen LogP contribution >= 0.6 is 0 Å². The molecular formula is C12H24. The molecule has 0 heterocycles. The molecule has 1 fully saturated rings. The van der Waals surface area contributed by atoms with Gasteiger partial charge in [0.25, 0.3) is 0 Å². The molecule has 0 atom stereocenters. The summed E-state index contributed by atoms with van der Waals surface area (Å²) in [6.07, 6.45) is 15.5. The molecule has 0 saturated heterocycles. The second-order valence-corrected chi connectivity index (χ2v) is 3.64. The van der Waals surface area contributed by atoms with E-state index in [0.717, 1.165) is 11.8 Å². The Balaban J connectivity index is 0. The highest BCUT2D eigenvalue weighted by molar-refractivity contribution is 4.67. The van der Waals surface area contributed by atoms with Crippen molar-refractivity contribution in [2.24, 2.45) is 11.8 Å². The van der Waals surface area contributed by atoms with Crippen molar-refractivity contribution in [3.63, 3.8) is 0 Å². The first-order valence-electron chi connectivity index (χ1n) is 4.64. The molecule has 0 aromatic heterocycles. The van der Waals surface area contributed by atoms with Crippen LogP contribution in [0, 0.1) is 24.7 Å². The molecule has 0 bridgehead atoms. The fraction of sp³-hybridized carbons (Fsp3) is 0.833. The third kappa shape index (κ3) is 5.24. The Labute approximate surface area is 78.8 Å². The molecule has 0 amide bonds. The minimum absolute atomic E-state index is 0. The number of terminal acetylenes is 1. The van der Waals surface area contributed by atoms with Crippen molar-refractivity contribution >= 4 is 0 Å². The second kappa shape index (κ2) is 8.65. The van der Waals surface area contributed by atoms with Crippen molar-refractivity contribution in [3.05, 3.63) is 0 Å². The van der Waals surface area contributed by atoms with E-state index in [0.29, 0.717) is 0 Å². The lowest BCUT2D eigenvalue weighted by atomic mass is 9.82. The van der Waals surface area contributed by atoms with Crippen molar-refractivity contribution in [3.8, 4) is 12.8 Å².